The minimum absolute atomic E-state index is 0.0513. The van der Waals surface area contributed by atoms with Gasteiger partial charge in [0.1, 0.15) is 0 Å². The molecular formula is C24H27N3O2. The van der Waals surface area contributed by atoms with E-state index in [0.717, 1.165) is 17.3 Å². The number of carbonyl (C=O) groups excluding carboxylic acids is 1. The Balaban J connectivity index is 1.51. The molecule has 5 nitrogen and oxygen atoms in total. The molecule has 0 saturated heterocycles. The van der Waals surface area contributed by atoms with Gasteiger partial charge < -0.3 is 9.67 Å². The Bertz CT molecular complexity index is 1090. The molecule has 1 fully saturated rings. The van der Waals surface area contributed by atoms with Gasteiger partial charge in [-0.25, -0.2) is 0 Å². The fraction of sp³-hybridized carbons (Fsp3) is 0.375. The van der Waals surface area contributed by atoms with Crippen LogP contribution < -0.4 is 0 Å². The van der Waals surface area contributed by atoms with E-state index in [1.54, 1.807) is 4.57 Å². The van der Waals surface area contributed by atoms with E-state index in [-0.39, 0.29) is 29.0 Å². The number of fused-ring (bicyclic) bond motifs is 1. The molecule has 1 amide bonds. The molecule has 1 aromatic heterocycles. The molecule has 1 saturated carbocycles. The Morgan fingerprint density at radius 2 is 1.83 bits per heavy atom. The molecule has 4 rings (SSSR count). The fourth-order valence-electron chi connectivity index (χ4n) is 3.93. The van der Waals surface area contributed by atoms with Crippen molar-refractivity contribution in [2.45, 2.75) is 52.0 Å². The van der Waals surface area contributed by atoms with Gasteiger partial charge in [0.05, 0.1) is 5.52 Å². The lowest BCUT2D eigenvalue weighted by Gasteiger charge is -2.19. The maximum atomic E-state index is 12.6. The molecule has 5 heteroatoms. The van der Waals surface area contributed by atoms with Gasteiger partial charge >= 0.3 is 0 Å². The van der Waals surface area contributed by atoms with Crippen LogP contribution in [-0.2, 0) is 16.8 Å². The zero-order valence-corrected chi connectivity index (χ0v) is 17.4. The van der Waals surface area contributed by atoms with Crippen LogP contribution in [-0.4, -0.2) is 15.6 Å². The standard InChI is InChI=1S/C24H27N3O2/c1-5-27-20-9-7-6-8-17(20)21(23(27)29)25-26-22(28)19-14-18(19)15-10-12-16(13-11-15)24(2,3)4/h6-13,18-19,29H,5,14H2,1-4H3/t18-,19+/m0/s1. The van der Waals surface area contributed by atoms with E-state index in [4.69, 9.17) is 0 Å². The molecule has 1 aliphatic carbocycles. The lowest BCUT2D eigenvalue weighted by Crippen LogP contribution is -2.10. The van der Waals surface area contributed by atoms with Crippen LogP contribution in [0.3, 0.4) is 0 Å². The maximum absolute atomic E-state index is 12.6. The van der Waals surface area contributed by atoms with Crippen LogP contribution in [0.4, 0.5) is 5.69 Å². The molecule has 0 aliphatic heterocycles. The average molecular weight is 389 g/mol. The second-order valence-electron chi connectivity index (χ2n) is 8.79. The minimum atomic E-state index is -0.220. The highest BCUT2D eigenvalue weighted by Gasteiger charge is 2.44. The Hall–Kier alpha value is -2.95. The largest absolute Gasteiger partial charge is 0.493 e. The Morgan fingerprint density at radius 3 is 2.48 bits per heavy atom. The van der Waals surface area contributed by atoms with Gasteiger partial charge in [-0.05, 0) is 41.9 Å². The van der Waals surface area contributed by atoms with Gasteiger partial charge in [0, 0.05) is 17.8 Å². The highest BCUT2D eigenvalue weighted by Crippen LogP contribution is 2.49. The average Bonchev–Trinajstić information content (AvgIpc) is 3.45. The number of hydrogen-bond donors (Lipinski definition) is 1. The minimum Gasteiger partial charge on any atom is -0.493 e. The highest BCUT2D eigenvalue weighted by molar-refractivity contribution is 5.95. The van der Waals surface area contributed by atoms with Crippen molar-refractivity contribution in [2.75, 3.05) is 0 Å². The molecule has 0 spiro atoms. The number of azo groups is 1. The summed E-state index contributed by atoms with van der Waals surface area (Å²) >= 11 is 0. The van der Waals surface area contributed by atoms with Crippen molar-refractivity contribution in [2.24, 2.45) is 16.1 Å². The van der Waals surface area contributed by atoms with E-state index in [2.05, 4.69) is 55.3 Å². The third kappa shape index (κ3) is 3.57. The Kier molecular flexibility index (Phi) is 4.77. The normalized spacial score (nSPS) is 19.2. The summed E-state index contributed by atoms with van der Waals surface area (Å²) in [4.78, 5) is 12.6. The molecule has 0 radical (unpaired) electrons. The van der Waals surface area contributed by atoms with E-state index in [1.165, 1.54) is 11.1 Å². The Labute approximate surface area is 171 Å². The van der Waals surface area contributed by atoms with Crippen molar-refractivity contribution in [3.05, 3.63) is 59.7 Å². The van der Waals surface area contributed by atoms with Gasteiger partial charge in [-0.15, -0.1) is 10.2 Å². The van der Waals surface area contributed by atoms with Crippen LogP contribution in [0, 0.1) is 5.92 Å². The lowest BCUT2D eigenvalue weighted by molar-refractivity contribution is -0.119. The third-order valence-electron chi connectivity index (χ3n) is 5.79. The highest BCUT2D eigenvalue weighted by atomic mass is 16.3. The lowest BCUT2D eigenvalue weighted by atomic mass is 9.86. The number of aryl methyl sites for hydroxylation is 1. The van der Waals surface area contributed by atoms with Crippen LogP contribution in [0.2, 0.25) is 0 Å². The summed E-state index contributed by atoms with van der Waals surface area (Å²) in [5.74, 6) is -0.0834. The van der Waals surface area contributed by atoms with E-state index >= 15 is 0 Å². The van der Waals surface area contributed by atoms with Gasteiger partial charge in [0.25, 0.3) is 5.91 Å². The summed E-state index contributed by atoms with van der Waals surface area (Å²) < 4.78 is 1.77. The van der Waals surface area contributed by atoms with Crippen LogP contribution >= 0.6 is 0 Å². The first kappa shape index (κ1) is 19.4. The molecule has 0 unspecified atom stereocenters. The Morgan fingerprint density at radius 1 is 1.14 bits per heavy atom. The molecule has 3 aromatic rings. The number of hydrogen-bond acceptors (Lipinski definition) is 3. The molecule has 29 heavy (non-hydrogen) atoms. The summed E-state index contributed by atoms with van der Waals surface area (Å²) in [7, 11) is 0. The zero-order valence-electron chi connectivity index (χ0n) is 17.4. The second-order valence-corrected chi connectivity index (χ2v) is 8.79. The molecule has 1 N–H and O–H groups in total. The van der Waals surface area contributed by atoms with Gasteiger partial charge in [-0.3, -0.25) is 4.79 Å². The number of benzene rings is 2. The summed E-state index contributed by atoms with van der Waals surface area (Å²) in [6, 6.07) is 16.2. The van der Waals surface area contributed by atoms with Crippen molar-refractivity contribution in [1.29, 1.82) is 0 Å². The summed E-state index contributed by atoms with van der Waals surface area (Å²) in [5, 5.41) is 19.4. The SMILES string of the molecule is CCn1c(O)c(N=NC(=O)[C@@H]2C[C@H]2c2ccc(C(C)(C)C)cc2)c2ccccc21. The zero-order chi connectivity index (χ0) is 20.8. The second kappa shape index (κ2) is 7.14. The molecule has 2 aromatic carbocycles. The molecule has 1 aliphatic rings. The molecule has 0 bridgehead atoms. The smallest absolute Gasteiger partial charge is 0.268 e. The summed E-state index contributed by atoms with van der Waals surface area (Å²) in [5.41, 5.74) is 3.83. The van der Waals surface area contributed by atoms with Crippen molar-refractivity contribution < 1.29 is 9.90 Å². The number of aromatic hydroxyl groups is 1. The van der Waals surface area contributed by atoms with Gasteiger partial charge in [-0.2, -0.15) is 0 Å². The maximum Gasteiger partial charge on any atom is 0.268 e. The predicted octanol–water partition coefficient (Wildman–Crippen LogP) is 6.08. The van der Waals surface area contributed by atoms with Crippen LogP contribution in [0.5, 0.6) is 5.88 Å². The first-order valence-corrected chi connectivity index (χ1v) is 10.2. The van der Waals surface area contributed by atoms with Crippen molar-refractivity contribution in [3.8, 4) is 5.88 Å². The van der Waals surface area contributed by atoms with Crippen molar-refractivity contribution in [1.82, 2.24) is 4.57 Å². The summed E-state index contributed by atoms with van der Waals surface area (Å²) in [6.07, 6.45) is 0.801. The fourth-order valence-corrected chi connectivity index (χ4v) is 3.93. The monoisotopic (exact) mass is 389 g/mol. The molecular weight excluding hydrogens is 362 g/mol. The van der Waals surface area contributed by atoms with Crippen LogP contribution in [0.1, 0.15) is 51.2 Å². The van der Waals surface area contributed by atoms with Crippen LogP contribution in [0.15, 0.2) is 58.8 Å². The van der Waals surface area contributed by atoms with Gasteiger partial charge in [-0.1, -0.05) is 63.2 Å². The first-order chi connectivity index (χ1) is 13.8. The van der Waals surface area contributed by atoms with Gasteiger partial charge in [0.15, 0.2) is 5.69 Å². The number of rotatable bonds is 4. The quantitative estimate of drug-likeness (QED) is 0.550. The van der Waals surface area contributed by atoms with E-state index < -0.39 is 0 Å². The summed E-state index contributed by atoms with van der Waals surface area (Å²) in [6.45, 7) is 9.15. The first-order valence-electron chi connectivity index (χ1n) is 10.2. The number of carbonyl (C=O) groups is 1. The van der Waals surface area contributed by atoms with E-state index in [9.17, 15) is 9.90 Å². The van der Waals surface area contributed by atoms with E-state index in [0.29, 0.717) is 12.2 Å². The van der Waals surface area contributed by atoms with Crippen LogP contribution in [0.25, 0.3) is 10.9 Å². The van der Waals surface area contributed by atoms with Crippen molar-refractivity contribution in [3.63, 3.8) is 0 Å². The van der Waals surface area contributed by atoms with Gasteiger partial charge in [0.2, 0.25) is 5.88 Å². The van der Waals surface area contributed by atoms with Crippen molar-refractivity contribution >= 4 is 22.5 Å². The number of amides is 1. The molecule has 1 heterocycles. The van der Waals surface area contributed by atoms with E-state index in [1.807, 2.05) is 31.2 Å². The number of aromatic nitrogens is 1. The number of para-hydroxylation sites is 1. The molecule has 150 valence electrons. The third-order valence-corrected chi connectivity index (χ3v) is 5.79. The predicted molar refractivity (Wildman–Crippen MR) is 115 cm³/mol. The topological polar surface area (TPSA) is 66.9 Å². The molecule has 2 atom stereocenters. The number of nitrogens with zero attached hydrogens (tertiary/aromatic N) is 3.